The molecule has 1 saturated heterocycles. The number of carbonyl (C=O) groups excluding carboxylic acids is 1. The molecule has 1 aromatic carbocycles. The Morgan fingerprint density at radius 2 is 1.96 bits per heavy atom. The fraction of sp³-hybridized carbons (Fsp3) is 0.600. The number of halogens is 2. The second kappa shape index (κ2) is 7.66. The highest BCUT2D eigenvalue weighted by molar-refractivity contribution is 6.31. The van der Waals surface area contributed by atoms with Crippen LogP contribution in [0.5, 0.6) is 0 Å². The van der Waals surface area contributed by atoms with Crippen molar-refractivity contribution in [3.05, 3.63) is 23.0 Å². The van der Waals surface area contributed by atoms with Gasteiger partial charge < -0.3 is 14.8 Å². The molecule has 5 nitrogen and oxygen atoms in total. The SMILES string of the molecule is CCn1c(N2CCC(C(=O)NC3CCCC3)CC2)nc2cc(F)c(Cl)cc21. The van der Waals surface area contributed by atoms with Crippen molar-refractivity contribution in [1.29, 1.82) is 0 Å². The number of carbonyl (C=O) groups is 1. The summed E-state index contributed by atoms with van der Waals surface area (Å²) in [6.07, 6.45) is 6.32. The molecule has 0 unspecified atom stereocenters. The standard InChI is InChI=1S/C20H26ClFN4O/c1-2-26-18-11-15(21)16(22)12-17(18)24-20(26)25-9-7-13(8-10-25)19(27)23-14-5-3-4-6-14/h11-14H,2-10H2,1H3,(H,23,27). The lowest BCUT2D eigenvalue weighted by molar-refractivity contribution is -0.126. The van der Waals surface area contributed by atoms with Crippen molar-refractivity contribution in [3.63, 3.8) is 0 Å². The van der Waals surface area contributed by atoms with Gasteiger partial charge in [-0.1, -0.05) is 24.4 Å². The molecule has 0 atom stereocenters. The maximum Gasteiger partial charge on any atom is 0.223 e. The zero-order valence-corrected chi connectivity index (χ0v) is 16.4. The van der Waals surface area contributed by atoms with Gasteiger partial charge in [-0.25, -0.2) is 9.37 Å². The molecule has 0 radical (unpaired) electrons. The quantitative estimate of drug-likeness (QED) is 0.851. The van der Waals surface area contributed by atoms with E-state index in [-0.39, 0.29) is 16.8 Å². The number of aryl methyl sites for hydroxylation is 1. The van der Waals surface area contributed by atoms with Crippen LogP contribution in [0, 0.1) is 11.7 Å². The third kappa shape index (κ3) is 3.64. The van der Waals surface area contributed by atoms with E-state index in [1.54, 1.807) is 6.07 Å². The van der Waals surface area contributed by atoms with E-state index in [1.165, 1.54) is 18.9 Å². The Morgan fingerprint density at radius 1 is 1.26 bits per heavy atom. The van der Waals surface area contributed by atoms with Crippen molar-refractivity contribution < 1.29 is 9.18 Å². The minimum Gasteiger partial charge on any atom is -0.353 e. The van der Waals surface area contributed by atoms with E-state index in [0.29, 0.717) is 11.6 Å². The van der Waals surface area contributed by atoms with Gasteiger partial charge in [0.05, 0.1) is 16.1 Å². The van der Waals surface area contributed by atoms with Gasteiger partial charge in [0.2, 0.25) is 11.9 Å². The molecule has 2 aromatic rings. The molecular weight excluding hydrogens is 367 g/mol. The third-order valence-corrected chi connectivity index (χ3v) is 6.23. The Hall–Kier alpha value is -1.82. The summed E-state index contributed by atoms with van der Waals surface area (Å²) in [6.45, 7) is 4.34. The number of nitrogens with one attached hydrogen (secondary N) is 1. The smallest absolute Gasteiger partial charge is 0.223 e. The molecule has 1 aliphatic carbocycles. The van der Waals surface area contributed by atoms with Gasteiger partial charge in [0.1, 0.15) is 5.82 Å². The zero-order chi connectivity index (χ0) is 19.0. The van der Waals surface area contributed by atoms with E-state index in [2.05, 4.69) is 19.8 Å². The molecule has 1 amide bonds. The van der Waals surface area contributed by atoms with E-state index in [0.717, 1.165) is 56.8 Å². The van der Waals surface area contributed by atoms with E-state index >= 15 is 0 Å². The lowest BCUT2D eigenvalue weighted by Gasteiger charge is -2.32. The van der Waals surface area contributed by atoms with Crippen LogP contribution in [0.4, 0.5) is 10.3 Å². The number of hydrogen-bond donors (Lipinski definition) is 1. The van der Waals surface area contributed by atoms with Gasteiger partial charge in [0.15, 0.2) is 0 Å². The molecular formula is C20H26ClFN4O. The number of imidazole rings is 1. The maximum absolute atomic E-state index is 13.8. The summed E-state index contributed by atoms with van der Waals surface area (Å²) in [5, 5.41) is 3.34. The molecule has 1 aromatic heterocycles. The minimum atomic E-state index is -0.446. The Kier molecular flexibility index (Phi) is 5.26. The van der Waals surface area contributed by atoms with Crippen molar-refractivity contribution in [3.8, 4) is 0 Å². The molecule has 0 bridgehead atoms. The van der Waals surface area contributed by atoms with E-state index in [9.17, 15) is 9.18 Å². The number of aromatic nitrogens is 2. The number of fused-ring (bicyclic) bond motifs is 1. The highest BCUT2D eigenvalue weighted by atomic mass is 35.5. The predicted octanol–water partition coefficient (Wildman–Crippen LogP) is 4.12. The minimum absolute atomic E-state index is 0.0770. The largest absolute Gasteiger partial charge is 0.353 e. The normalized spacial score (nSPS) is 19.1. The maximum atomic E-state index is 13.8. The molecule has 146 valence electrons. The number of amides is 1. The van der Waals surface area contributed by atoms with Crippen molar-refractivity contribution in [2.45, 2.75) is 58.0 Å². The van der Waals surface area contributed by atoms with Crippen LogP contribution in [-0.2, 0) is 11.3 Å². The van der Waals surface area contributed by atoms with Crippen LogP contribution in [0.25, 0.3) is 11.0 Å². The molecule has 2 aliphatic rings. The number of benzene rings is 1. The summed E-state index contributed by atoms with van der Waals surface area (Å²) in [4.78, 5) is 19.4. The average Bonchev–Trinajstić information content (AvgIpc) is 3.29. The van der Waals surface area contributed by atoms with Crippen LogP contribution in [0.2, 0.25) is 5.02 Å². The molecule has 2 heterocycles. The summed E-state index contributed by atoms with van der Waals surface area (Å²) in [6, 6.07) is 3.42. The Morgan fingerprint density at radius 3 is 2.63 bits per heavy atom. The van der Waals surface area contributed by atoms with E-state index in [4.69, 9.17) is 11.6 Å². The van der Waals surface area contributed by atoms with Gasteiger partial charge >= 0.3 is 0 Å². The molecule has 1 aliphatic heterocycles. The molecule has 27 heavy (non-hydrogen) atoms. The molecule has 1 N–H and O–H groups in total. The number of hydrogen-bond acceptors (Lipinski definition) is 3. The molecule has 2 fully saturated rings. The molecule has 7 heteroatoms. The van der Waals surface area contributed by atoms with Crippen molar-refractivity contribution >= 4 is 34.5 Å². The lowest BCUT2D eigenvalue weighted by atomic mass is 9.95. The van der Waals surface area contributed by atoms with Gasteiger partial charge in [0.25, 0.3) is 0 Å². The van der Waals surface area contributed by atoms with Gasteiger partial charge in [-0.15, -0.1) is 0 Å². The number of rotatable bonds is 4. The lowest BCUT2D eigenvalue weighted by Crippen LogP contribution is -2.43. The Labute approximate surface area is 163 Å². The van der Waals surface area contributed by atoms with Crippen LogP contribution in [0.1, 0.15) is 45.4 Å². The highest BCUT2D eigenvalue weighted by Gasteiger charge is 2.29. The highest BCUT2D eigenvalue weighted by Crippen LogP contribution is 2.30. The van der Waals surface area contributed by atoms with Crippen molar-refractivity contribution in [2.75, 3.05) is 18.0 Å². The van der Waals surface area contributed by atoms with Crippen molar-refractivity contribution in [1.82, 2.24) is 14.9 Å². The van der Waals surface area contributed by atoms with Gasteiger partial charge in [-0.2, -0.15) is 0 Å². The summed E-state index contributed by atoms with van der Waals surface area (Å²) in [7, 11) is 0. The fourth-order valence-corrected chi connectivity index (χ4v) is 4.55. The zero-order valence-electron chi connectivity index (χ0n) is 15.7. The van der Waals surface area contributed by atoms with Crippen LogP contribution in [-0.4, -0.2) is 34.6 Å². The van der Waals surface area contributed by atoms with Crippen LogP contribution in [0.3, 0.4) is 0 Å². The second-order valence-electron chi connectivity index (χ2n) is 7.66. The van der Waals surface area contributed by atoms with Gasteiger partial charge in [-0.05, 0) is 38.7 Å². The first-order valence-corrected chi connectivity index (χ1v) is 10.3. The fourth-order valence-electron chi connectivity index (χ4n) is 4.39. The Balaban J connectivity index is 1.47. The summed E-state index contributed by atoms with van der Waals surface area (Å²) in [5.74, 6) is 0.676. The third-order valence-electron chi connectivity index (χ3n) is 5.94. The first-order chi connectivity index (χ1) is 13.1. The van der Waals surface area contributed by atoms with E-state index in [1.807, 2.05) is 6.92 Å². The van der Waals surface area contributed by atoms with Gasteiger partial charge in [-0.3, -0.25) is 4.79 Å². The number of piperidine rings is 1. The summed E-state index contributed by atoms with van der Waals surface area (Å²) < 4.78 is 15.9. The average molecular weight is 393 g/mol. The molecule has 4 rings (SSSR count). The number of nitrogens with zero attached hydrogens (tertiary/aromatic N) is 3. The molecule has 0 spiro atoms. The second-order valence-corrected chi connectivity index (χ2v) is 8.07. The Bertz CT molecular complexity index is 838. The van der Waals surface area contributed by atoms with E-state index < -0.39 is 5.82 Å². The first-order valence-electron chi connectivity index (χ1n) is 9.97. The summed E-state index contributed by atoms with van der Waals surface area (Å²) in [5.41, 5.74) is 1.47. The summed E-state index contributed by atoms with van der Waals surface area (Å²) >= 11 is 5.96. The van der Waals surface area contributed by atoms with Crippen LogP contribution in [0.15, 0.2) is 12.1 Å². The van der Waals surface area contributed by atoms with Crippen molar-refractivity contribution in [2.24, 2.45) is 5.92 Å². The van der Waals surface area contributed by atoms with Crippen LogP contribution < -0.4 is 10.2 Å². The van der Waals surface area contributed by atoms with Gasteiger partial charge in [0, 0.05) is 37.7 Å². The first kappa shape index (κ1) is 18.5. The monoisotopic (exact) mass is 392 g/mol. The molecule has 1 saturated carbocycles. The predicted molar refractivity (Wildman–Crippen MR) is 106 cm³/mol. The van der Waals surface area contributed by atoms with Crippen LogP contribution >= 0.6 is 11.6 Å². The topological polar surface area (TPSA) is 50.2 Å². The number of anilines is 1.